The molecule has 5 heterocycles. The first kappa shape index (κ1) is 30.7. The van der Waals surface area contributed by atoms with Gasteiger partial charge in [0.25, 0.3) is 0 Å². The van der Waals surface area contributed by atoms with Gasteiger partial charge < -0.3 is 44.0 Å². The molecule has 2 saturated heterocycles. The summed E-state index contributed by atoms with van der Waals surface area (Å²) in [5.41, 5.74) is 3.41. The zero-order valence-corrected chi connectivity index (χ0v) is 26.7. The number of amides is 1. The molecule has 3 N–H and O–H groups in total. The Hall–Kier alpha value is -3.92. The van der Waals surface area contributed by atoms with Crippen molar-refractivity contribution in [3.8, 4) is 34.5 Å². The first-order chi connectivity index (χ1) is 22.1. The number of carbonyl (C=O) groups excluding carboxylic acids is 3. The number of piperazine rings is 1. The van der Waals surface area contributed by atoms with Crippen LogP contribution in [0.15, 0.2) is 6.07 Å². The second-order valence-corrected chi connectivity index (χ2v) is 13.1. The highest BCUT2D eigenvalue weighted by Gasteiger charge is 2.60. The lowest BCUT2D eigenvalue weighted by molar-refractivity contribution is -0.184. The molecule has 0 spiro atoms. The number of rotatable bonds is 5. The highest BCUT2D eigenvalue weighted by molar-refractivity contribution is 7.99. The van der Waals surface area contributed by atoms with Gasteiger partial charge in [0.1, 0.15) is 18.9 Å². The molecule has 7 rings (SSSR count). The Balaban J connectivity index is 1.54. The van der Waals surface area contributed by atoms with E-state index in [9.17, 15) is 24.6 Å². The predicted molar refractivity (Wildman–Crippen MR) is 161 cm³/mol. The van der Waals surface area contributed by atoms with Crippen LogP contribution in [0, 0.1) is 6.92 Å². The lowest BCUT2D eigenvalue weighted by Crippen LogP contribution is -2.69. The molecule has 15 heteroatoms. The highest BCUT2D eigenvalue weighted by Crippen LogP contribution is 2.65. The van der Waals surface area contributed by atoms with Crippen molar-refractivity contribution in [2.75, 3.05) is 40.4 Å². The van der Waals surface area contributed by atoms with E-state index in [-0.39, 0.29) is 42.2 Å². The van der Waals surface area contributed by atoms with Crippen LogP contribution in [0.3, 0.4) is 0 Å². The quantitative estimate of drug-likeness (QED) is 0.240. The number of likely N-dealkylation sites (N-methyl/N-ethyl adjacent to an activating group) is 1. The van der Waals surface area contributed by atoms with E-state index in [0.717, 1.165) is 11.1 Å². The van der Waals surface area contributed by atoms with E-state index < -0.39 is 53.6 Å². The number of carbonyl (C=O) groups is 3. The first-order valence-electron chi connectivity index (χ1n) is 14.9. The zero-order chi connectivity index (χ0) is 32.6. The number of esters is 2. The Kier molecular flexibility index (Phi) is 7.61. The third kappa shape index (κ3) is 4.32. The zero-order valence-electron chi connectivity index (χ0n) is 25.9. The SMILES string of the molecule is COc1c(C)cc2c(c1O)[C@H]1[C@@H]3[C@@H]4SC[C@H](NC=O)C(=O)OC[C@@H](c5c6c(c(OC)c(OC(C)=O)c54)OCO6)N3[C@@H](O)[C@@H](C2)N1C. The number of nitrogens with zero attached hydrogens (tertiary/aromatic N) is 2. The Morgan fingerprint density at radius 2 is 1.85 bits per heavy atom. The Labute approximate surface area is 268 Å². The Bertz CT molecular complexity index is 1640. The summed E-state index contributed by atoms with van der Waals surface area (Å²) in [5.74, 6) is 0.107. The van der Waals surface area contributed by atoms with E-state index in [2.05, 4.69) is 10.2 Å². The fourth-order valence-electron chi connectivity index (χ4n) is 7.94. The van der Waals surface area contributed by atoms with Gasteiger partial charge in [-0.15, -0.1) is 11.8 Å². The third-order valence-electron chi connectivity index (χ3n) is 9.70. The number of thioether (sulfide) groups is 1. The average molecular weight is 658 g/mol. The van der Waals surface area contributed by atoms with Crippen molar-refractivity contribution >= 4 is 30.1 Å². The summed E-state index contributed by atoms with van der Waals surface area (Å²) in [5, 5.41) is 25.9. The molecule has 2 aromatic rings. The smallest absolute Gasteiger partial charge is 0.329 e. The van der Waals surface area contributed by atoms with Crippen LogP contribution in [-0.4, -0.2) is 103 Å². The summed E-state index contributed by atoms with van der Waals surface area (Å²) >= 11 is 1.33. The summed E-state index contributed by atoms with van der Waals surface area (Å²) in [6.45, 7) is 2.79. The lowest BCUT2D eigenvalue weighted by Gasteiger charge is -2.61. The number of ether oxygens (including phenoxy) is 6. The van der Waals surface area contributed by atoms with Crippen LogP contribution in [-0.2, 0) is 25.5 Å². The number of methoxy groups -OCH3 is 2. The molecule has 0 radical (unpaired) electrons. The second kappa shape index (κ2) is 11.4. The number of aromatic hydroxyl groups is 1. The van der Waals surface area contributed by atoms with Crippen LogP contribution in [0.25, 0.3) is 0 Å². The topological polar surface area (TPSA) is 166 Å². The van der Waals surface area contributed by atoms with E-state index in [1.54, 1.807) is 0 Å². The lowest BCUT2D eigenvalue weighted by atomic mass is 9.73. The number of cyclic esters (lactones) is 1. The molecular weight excluding hydrogens is 622 g/mol. The average Bonchev–Trinajstić information content (AvgIpc) is 3.50. The van der Waals surface area contributed by atoms with Gasteiger partial charge in [-0.25, -0.2) is 4.79 Å². The summed E-state index contributed by atoms with van der Waals surface area (Å²) in [6, 6.07) is -1.29. The fourth-order valence-corrected chi connectivity index (χ4v) is 9.46. The molecule has 2 aromatic carbocycles. The van der Waals surface area contributed by atoms with Gasteiger partial charge in [0.05, 0.1) is 37.6 Å². The Morgan fingerprint density at radius 3 is 2.54 bits per heavy atom. The number of fused-ring (bicyclic) bond motifs is 9. The highest BCUT2D eigenvalue weighted by atomic mass is 32.2. The van der Waals surface area contributed by atoms with Crippen LogP contribution in [0.2, 0.25) is 0 Å². The molecular formula is C31H35N3O11S. The van der Waals surface area contributed by atoms with Crippen molar-refractivity contribution in [3.05, 3.63) is 33.9 Å². The van der Waals surface area contributed by atoms with Gasteiger partial charge in [0.15, 0.2) is 23.0 Å². The maximum atomic E-state index is 13.2. The molecule has 0 aromatic heterocycles. The number of aliphatic hydroxyl groups excluding tert-OH is 1. The van der Waals surface area contributed by atoms with E-state index in [1.165, 1.54) is 32.9 Å². The molecule has 1 amide bonds. The van der Waals surface area contributed by atoms with Crippen LogP contribution >= 0.6 is 11.8 Å². The van der Waals surface area contributed by atoms with Gasteiger partial charge in [-0.05, 0) is 31.5 Å². The van der Waals surface area contributed by atoms with E-state index in [0.29, 0.717) is 41.0 Å². The third-order valence-corrected chi connectivity index (χ3v) is 11.1. The van der Waals surface area contributed by atoms with Crippen LogP contribution in [0.4, 0.5) is 0 Å². The number of hydrogen-bond acceptors (Lipinski definition) is 14. The monoisotopic (exact) mass is 657 g/mol. The molecule has 5 aliphatic rings. The number of phenolic OH excluding ortho intramolecular Hbond substituents is 1. The molecule has 7 atom stereocenters. The van der Waals surface area contributed by atoms with E-state index in [4.69, 9.17) is 28.4 Å². The Morgan fingerprint density at radius 1 is 1.11 bits per heavy atom. The minimum Gasteiger partial charge on any atom is -0.504 e. The number of benzene rings is 2. The van der Waals surface area contributed by atoms with Crippen molar-refractivity contribution in [2.24, 2.45) is 0 Å². The van der Waals surface area contributed by atoms with Crippen molar-refractivity contribution in [1.82, 2.24) is 15.1 Å². The number of hydrogen-bond donors (Lipinski definition) is 3. The van der Waals surface area contributed by atoms with Gasteiger partial charge in [0, 0.05) is 35.4 Å². The molecule has 0 aliphatic carbocycles. The van der Waals surface area contributed by atoms with E-state index >= 15 is 0 Å². The van der Waals surface area contributed by atoms with Crippen molar-refractivity contribution in [2.45, 2.75) is 62.0 Å². The maximum absolute atomic E-state index is 13.2. The molecule has 4 bridgehead atoms. The first-order valence-corrected chi connectivity index (χ1v) is 15.9. The van der Waals surface area contributed by atoms with Gasteiger partial charge in [-0.2, -0.15) is 0 Å². The molecule has 5 aliphatic heterocycles. The fraction of sp³-hybridized carbons (Fsp3) is 0.516. The summed E-state index contributed by atoms with van der Waals surface area (Å²) in [6.07, 6.45) is -0.161. The van der Waals surface area contributed by atoms with Gasteiger partial charge >= 0.3 is 11.9 Å². The van der Waals surface area contributed by atoms with Gasteiger partial charge in [0.2, 0.25) is 24.7 Å². The summed E-state index contributed by atoms with van der Waals surface area (Å²) < 4.78 is 35.0. The normalized spacial score (nSPS) is 29.5. The number of aliphatic hydroxyl groups is 1. The van der Waals surface area contributed by atoms with Crippen LogP contribution in [0.5, 0.6) is 34.5 Å². The molecule has 246 valence electrons. The number of nitrogens with one attached hydrogen (secondary N) is 1. The van der Waals surface area contributed by atoms with Crippen molar-refractivity contribution in [3.63, 3.8) is 0 Å². The molecule has 0 saturated carbocycles. The van der Waals surface area contributed by atoms with Crippen LogP contribution in [0.1, 0.15) is 52.1 Å². The van der Waals surface area contributed by atoms with Crippen LogP contribution < -0.4 is 29.0 Å². The van der Waals surface area contributed by atoms with E-state index in [1.807, 2.05) is 24.9 Å². The van der Waals surface area contributed by atoms with Crippen molar-refractivity contribution < 1.29 is 53.0 Å². The van der Waals surface area contributed by atoms with Crippen molar-refractivity contribution in [1.29, 1.82) is 0 Å². The minimum atomic E-state index is -1.05. The summed E-state index contributed by atoms with van der Waals surface area (Å²) in [7, 11) is 4.85. The number of phenols is 1. The van der Waals surface area contributed by atoms with Gasteiger partial charge in [-0.1, -0.05) is 6.07 Å². The largest absolute Gasteiger partial charge is 0.504 e. The summed E-state index contributed by atoms with van der Waals surface area (Å²) in [4.78, 5) is 41.3. The standard InChI is InChI=1S/C31H35N3O11S/c1-12-6-14-7-16-30(38)34-17-8-42-31(39)15(32-10-35)9-46-29(22(34)21(33(16)3)18(14)23(37)24(12)40-4)20-19(17)25-28(44-11-43-25)27(41-5)26(20)45-13(2)36/h6,10,15-17,21-22,29-30,37-38H,7-9,11H2,1-5H3,(H,32,35)/t15-,16+,17-,21-,22+,29+,30-/m0/s1. The molecule has 0 unspecified atom stereocenters. The maximum Gasteiger partial charge on any atom is 0.329 e. The molecule has 14 nitrogen and oxygen atoms in total. The van der Waals surface area contributed by atoms with Gasteiger partial charge in [-0.3, -0.25) is 19.4 Å². The predicted octanol–water partition coefficient (Wildman–Crippen LogP) is 1.47. The number of aryl methyl sites for hydroxylation is 1. The second-order valence-electron chi connectivity index (χ2n) is 12.0. The minimum absolute atomic E-state index is 0.0118. The molecule has 46 heavy (non-hydrogen) atoms. The molecule has 2 fully saturated rings.